The largest absolute Gasteiger partial charge is 0.468 e. The molecule has 0 unspecified atom stereocenters. The summed E-state index contributed by atoms with van der Waals surface area (Å²) in [6.07, 6.45) is 0. The van der Waals surface area contributed by atoms with E-state index in [1.807, 2.05) is 12.1 Å². The number of carbonyl (C=O) groups excluding carboxylic acids is 1. The smallest absolute Gasteiger partial charge is 0.324 e. The molecule has 1 aliphatic heterocycles. The van der Waals surface area contributed by atoms with Crippen LogP contribution in [-0.2, 0) is 9.53 Å². The second kappa shape index (κ2) is 7.40. The van der Waals surface area contributed by atoms with Crippen LogP contribution < -0.4 is 5.32 Å². The normalized spacial score (nSPS) is 18.8. The van der Waals surface area contributed by atoms with Crippen LogP contribution in [0.25, 0.3) is 0 Å². The Morgan fingerprint density at radius 2 is 1.65 bits per heavy atom. The van der Waals surface area contributed by atoms with Crippen LogP contribution in [0.1, 0.15) is 17.2 Å². The van der Waals surface area contributed by atoms with Gasteiger partial charge in [0, 0.05) is 19.6 Å². The summed E-state index contributed by atoms with van der Waals surface area (Å²) in [5, 5.41) is 3.24. The summed E-state index contributed by atoms with van der Waals surface area (Å²) in [7, 11) is 1.44. The summed E-state index contributed by atoms with van der Waals surface area (Å²) in [6.45, 7) is 2.30. The third kappa shape index (κ3) is 3.60. The van der Waals surface area contributed by atoms with Crippen LogP contribution in [0.2, 0.25) is 0 Å². The fourth-order valence-corrected chi connectivity index (χ4v) is 3.19. The Kier molecular flexibility index (Phi) is 5.05. The highest BCUT2D eigenvalue weighted by molar-refractivity contribution is 5.76. The molecular weight excluding hydrogens is 288 g/mol. The molecule has 23 heavy (non-hydrogen) atoms. The molecule has 0 spiro atoms. The lowest BCUT2D eigenvalue weighted by Crippen LogP contribution is -2.55. The van der Waals surface area contributed by atoms with Gasteiger partial charge in [-0.3, -0.25) is 9.69 Å². The zero-order chi connectivity index (χ0) is 16.1. The van der Waals surface area contributed by atoms with E-state index >= 15 is 0 Å². The van der Waals surface area contributed by atoms with E-state index in [2.05, 4.69) is 58.7 Å². The molecule has 1 saturated heterocycles. The minimum absolute atomic E-state index is 0.145. The predicted molar refractivity (Wildman–Crippen MR) is 90.1 cm³/mol. The first-order valence-corrected chi connectivity index (χ1v) is 7.95. The number of hydrogen-bond acceptors (Lipinski definition) is 4. The molecule has 1 N–H and O–H groups in total. The summed E-state index contributed by atoms with van der Waals surface area (Å²) in [4.78, 5) is 14.2. The van der Waals surface area contributed by atoms with Gasteiger partial charge >= 0.3 is 5.97 Å². The molecule has 4 heteroatoms. The maximum absolute atomic E-state index is 11.9. The Hall–Kier alpha value is -2.17. The molecule has 0 saturated carbocycles. The highest BCUT2D eigenvalue weighted by atomic mass is 16.5. The second-order valence-corrected chi connectivity index (χ2v) is 5.75. The minimum Gasteiger partial charge on any atom is -0.468 e. The van der Waals surface area contributed by atoms with Gasteiger partial charge in [-0.1, -0.05) is 60.7 Å². The Morgan fingerprint density at radius 3 is 2.17 bits per heavy atom. The molecule has 1 aliphatic rings. The first kappa shape index (κ1) is 15.7. The summed E-state index contributed by atoms with van der Waals surface area (Å²) < 4.78 is 4.90. The number of carbonyl (C=O) groups is 1. The summed E-state index contributed by atoms with van der Waals surface area (Å²) in [6, 6.07) is 20.8. The maximum Gasteiger partial charge on any atom is 0.324 e. The molecule has 120 valence electrons. The van der Waals surface area contributed by atoms with Gasteiger partial charge in [0.05, 0.1) is 13.2 Å². The van der Waals surface area contributed by atoms with E-state index in [9.17, 15) is 4.79 Å². The van der Waals surface area contributed by atoms with Crippen molar-refractivity contribution in [3.63, 3.8) is 0 Å². The van der Waals surface area contributed by atoms with Crippen molar-refractivity contribution in [1.29, 1.82) is 0 Å². The van der Waals surface area contributed by atoms with Gasteiger partial charge in [0.25, 0.3) is 0 Å². The zero-order valence-corrected chi connectivity index (χ0v) is 13.3. The summed E-state index contributed by atoms with van der Waals surface area (Å²) in [5.74, 6) is -0.199. The minimum atomic E-state index is -0.274. The van der Waals surface area contributed by atoms with Crippen molar-refractivity contribution >= 4 is 5.97 Å². The topological polar surface area (TPSA) is 41.6 Å². The highest BCUT2D eigenvalue weighted by Gasteiger charge is 2.31. The van der Waals surface area contributed by atoms with Gasteiger partial charge in [-0.15, -0.1) is 0 Å². The van der Waals surface area contributed by atoms with Crippen molar-refractivity contribution in [3.05, 3.63) is 71.8 Å². The van der Waals surface area contributed by atoms with Gasteiger partial charge in [-0.05, 0) is 11.1 Å². The molecular formula is C19H22N2O2. The number of rotatable bonds is 4. The van der Waals surface area contributed by atoms with Crippen LogP contribution in [0.4, 0.5) is 0 Å². The van der Waals surface area contributed by atoms with Gasteiger partial charge in [0.2, 0.25) is 0 Å². The standard InChI is InChI=1S/C19H22N2O2/c1-23-19(22)17-14-21(13-12-20-17)18(15-8-4-2-5-9-15)16-10-6-3-7-11-16/h2-11,17-18,20H,12-14H2,1H3/t17-/m0/s1. The highest BCUT2D eigenvalue weighted by Crippen LogP contribution is 2.29. The van der Waals surface area contributed by atoms with Crippen LogP contribution in [0.5, 0.6) is 0 Å². The number of piperazine rings is 1. The summed E-state index contributed by atoms with van der Waals surface area (Å²) >= 11 is 0. The van der Waals surface area contributed by atoms with Crippen LogP contribution >= 0.6 is 0 Å². The van der Waals surface area contributed by atoms with E-state index < -0.39 is 0 Å². The number of methoxy groups -OCH3 is 1. The Labute approximate surface area is 137 Å². The number of ether oxygens (including phenoxy) is 1. The maximum atomic E-state index is 11.9. The van der Waals surface area contributed by atoms with Crippen LogP contribution in [0, 0.1) is 0 Å². The van der Waals surface area contributed by atoms with Crippen LogP contribution in [-0.4, -0.2) is 43.7 Å². The first-order chi connectivity index (χ1) is 11.3. The molecule has 4 nitrogen and oxygen atoms in total. The molecule has 1 heterocycles. The van der Waals surface area contributed by atoms with E-state index in [1.165, 1.54) is 18.2 Å². The van der Waals surface area contributed by atoms with Crippen LogP contribution in [0.3, 0.4) is 0 Å². The van der Waals surface area contributed by atoms with E-state index in [-0.39, 0.29) is 18.1 Å². The van der Waals surface area contributed by atoms with Gasteiger partial charge in [0.15, 0.2) is 0 Å². The van der Waals surface area contributed by atoms with Gasteiger partial charge in [-0.25, -0.2) is 0 Å². The number of hydrogen-bond donors (Lipinski definition) is 1. The lowest BCUT2D eigenvalue weighted by Gasteiger charge is -2.38. The van der Waals surface area contributed by atoms with Gasteiger partial charge in [0.1, 0.15) is 6.04 Å². The Balaban J connectivity index is 1.91. The fourth-order valence-electron chi connectivity index (χ4n) is 3.19. The molecule has 1 atom stereocenters. The average Bonchev–Trinajstić information content (AvgIpc) is 2.63. The third-order valence-electron chi connectivity index (χ3n) is 4.29. The van der Waals surface area contributed by atoms with E-state index in [1.54, 1.807) is 0 Å². The molecule has 0 aliphatic carbocycles. The monoisotopic (exact) mass is 310 g/mol. The predicted octanol–water partition coefficient (Wildman–Crippen LogP) is 2.22. The van der Waals surface area contributed by atoms with Crippen molar-refractivity contribution in [1.82, 2.24) is 10.2 Å². The Morgan fingerprint density at radius 1 is 1.09 bits per heavy atom. The van der Waals surface area contributed by atoms with Gasteiger partial charge < -0.3 is 10.1 Å². The first-order valence-electron chi connectivity index (χ1n) is 7.95. The van der Waals surface area contributed by atoms with E-state index in [0.29, 0.717) is 6.54 Å². The molecule has 2 aromatic carbocycles. The molecule has 0 radical (unpaired) electrons. The van der Waals surface area contributed by atoms with E-state index in [4.69, 9.17) is 4.74 Å². The molecule has 1 fully saturated rings. The van der Waals surface area contributed by atoms with Crippen LogP contribution in [0.15, 0.2) is 60.7 Å². The fraction of sp³-hybridized carbons (Fsp3) is 0.316. The van der Waals surface area contributed by atoms with Crippen molar-refractivity contribution in [3.8, 4) is 0 Å². The van der Waals surface area contributed by atoms with Crippen molar-refractivity contribution in [2.45, 2.75) is 12.1 Å². The number of benzene rings is 2. The molecule has 0 amide bonds. The van der Waals surface area contributed by atoms with E-state index in [0.717, 1.165) is 13.1 Å². The number of nitrogens with one attached hydrogen (secondary N) is 1. The molecule has 0 bridgehead atoms. The molecule has 2 aromatic rings. The third-order valence-corrected chi connectivity index (χ3v) is 4.29. The lowest BCUT2D eigenvalue weighted by atomic mass is 9.96. The number of nitrogens with zero attached hydrogens (tertiary/aromatic N) is 1. The van der Waals surface area contributed by atoms with Crippen molar-refractivity contribution in [2.24, 2.45) is 0 Å². The number of esters is 1. The van der Waals surface area contributed by atoms with Gasteiger partial charge in [-0.2, -0.15) is 0 Å². The molecule has 0 aromatic heterocycles. The van der Waals surface area contributed by atoms with Crippen molar-refractivity contribution < 1.29 is 9.53 Å². The zero-order valence-electron chi connectivity index (χ0n) is 13.3. The Bertz CT molecular complexity index is 591. The SMILES string of the molecule is COC(=O)[C@@H]1CN(C(c2ccccc2)c2ccccc2)CCN1. The van der Waals surface area contributed by atoms with Crippen molar-refractivity contribution in [2.75, 3.05) is 26.7 Å². The quantitative estimate of drug-likeness (QED) is 0.879. The summed E-state index contributed by atoms with van der Waals surface area (Å²) in [5.41, 5.74) is 2.48. The lowest BCUT2D eigenvalue weighted by molar-refractivity contribution is -0.144. The average molecular weight is 310 g/mol. The second-order valence-electron chi connectivity index (χ2n) is 5.75. The molecule has 3 rings (SSSR count).